The number of nitrogens with one attached hydrogen (secondary N) is 2. The molecule has 1 aliphatic heterocycles. The Balaban J connectivity index is 1.35. The fourth-order valence-corrected chi connectivity index (χ4v) is 4.51. The van der Waals surface area contributed by atoms with Crippen molar-refractivity contribution in [2.45, 2.75) is 50.8 Å². The summed E-state index contributed by atoms with van der Waals surface area (Å²) >= 11 is 0. The van der Waals surface area contributed by atoms with Crippen LogP contribution >= 0.6 is 0 Å². The Morgan fingerprint density at radius 3 is 2.67 bits per heavy atom. The third kappa shape index (κ3) is 2.39. The molecule has 2 aliphatic carbocycles. The predicted octanol–water partition coefficient (Wildman–Crippen LogP) is 2.93. The topological polar surface area (TPSA) is 50.4 Å². The number of rotatable bonds is 3. The second kappa shape index (κ2) is 5.41. The number of urea groups is 1. The van der Waals surface area contributed by atoms with Gasteiger partial charge in [0, 0.05) is 41.5 Å². The number of carbonyl (C=O) groups is 1. The van der Waals surface area contributed by atoms with Crippen LogP contribution in [0, 0.1) is 23.0 Å². The monoisotopic (exact) mass is 336 g/mol. The van der Waals surface area contributed by atoms with Crippen molar-refractivity contribution in [1.82, 2.24) is 10.6 Å². The van der Waals surface area contributed by atoms with Gasteiger partial charge >= 0.3 is 6.03 Å². The van der Waals surface area contributed by atoms with Gasteiger partial charge in [-0.05, 0) is 25.0 Å². The van der Waals surface area contributed by atoms with Gasteiger partial charge in [-0.1, -0.05) is 19.9 Å². The lowest BCUT2D eigenvalue weighted by Gasteiger charge is -2.54. The third-order valence-electron chi connectivity index (χ3n) is 5.86. The summed E-state index contributed by atoms with van der Waals surface area (Å²) in [6, 6.07) is 3.46. The highest BCUT2D eigenvalue weighted by Crippen LogP contribution is 2.52. The summed E-state index contributed by atoms with van der Waals surface area (Å²) < 4.78 is 33.3. The maximum Gasteiger partial charge on any atom is 0.315 e. The van der Waals surface area contributed by atoms with Crippen LogP contribution in [0.5, 0.6) is 0 Å². The van der Waals surface area contributed by atoms with Gasteiger partial charge in [0.1, 0.15) is 11.6 Å². The number of hydrogen-bond acceptors (Lipinski definition) is 2. The molecule has 4 rings (SSSR count). The average molecular weight is 336 g/mol. The van der Waals surface area contributed by atoms with Crippen LogP contribution in [0.1, 0.15) is 38.2 Å². The molecule has 0 radical (unpaired) electrons. The molecular formula is C18H22F2N2O2. The Morgan fingerprint density at radius 2 is 1.96 bits per heavy atom. The smallest absolute Gasteiger partial charge is 0.315 e. The molecule has 2 saturated carbocycles. The van der Waals surface area contributed by atoms with E-state index in [1.165, 1.54) is 18.2 Å². The molecule has 0 unspecified atom stereocenters. The predicted molar refractivity (Wildman–Crippen MR) is 84.6 cm³/mol. The average Bonchev–Trinajstić information content (AvgIpc) is 3.10. The quantitative estimate of drug-likeness (QED) is 0.892. The summed E-state index contributed by atoms with van der Waals surface area (Å²) in [4.78, 5) is 12.3. The zero-order valence-electron chi connectivity index (χ0n) is 13.8. The van der Waals surface area contributed by atoms with Crippen molar-refractivity contribution in [3.63, 3.8) is 0 Å². The summed E-state index contributed by atoms with van der Waals surface area (Å²) in [5, 5.41) is 5.88. The first kappa shape index (κ1) is 15.8. The maximum absolute atomic E-state index is 13.8. The molecule has 2 N–H and O–H groups in total. The largest absolute Gasteiger partial charge is 0.377 e. The summed E-state index contributed by atoms with van der Waals surface area (Å²) in [7, 11) is 0. The van der Waals surface area contributed by atoms with Crippen molar-refractivity contribution in [2.24, 2.45) is 11.3 Å². The third-order valence-corrected chi connectivity index (χ3v) is 5.86. The van der Waals surface area contributed by atoms with Gasteiger partial charge in [0.05, 0.1) is 6.10 Å². The molecule has 4 nitrogen and oxygen atoms in total. The van der Waals surface area contributed by atoms with E-state index in [1.54, 1.807) is 0 Å². The van der Waals surface area contributed by atoms with E-state index in [4.69, 9.17) is 4.74 Å². The number of benzene rings is 1. The van der Waals surface area contributed by atoms with Gasteiger partial charge in [0.2, 0.25) is 0 Å². The molecule has 0 bridgehead atoms. The van der Waals surface area contributed by atoms with Crippen LogP contribution in [0.25, 0.3) is 0 Å². The van der Waals surface area contributed by atoms with Gasteiger partial charge in [-0.2, -0.15) is 0 Å². The van der Waals surface area contributed by atoms with Crippen LogP contribution in [0.3, 0.4) is 0 Å². The van der Waals surface area contributed by atoms with Crippen molar-refractivity contribution in [2.75, 3.05) is 6.61 Å². The van der Waals surface area contributed by atoms with E-state index in [9.17, 15) is 13.6 Å². The maximum atomic E-state index is 13.8. The first-order valence-corrected chi connectivity index (χ1v) is 8.52. The fourth-order valence-electron chi connectivity index (χ4n) is 4.51. The zero-order valence-corrected chi connectivity index (χ0v) is 13.8. The Hall–Kier alpha value is -1.69. The first-order valence-electron chi connectivity index (χ1n) is 8.52. The van der Waals surface area contributed by atoms with Crippen LogP contribution in [0.15, 0.2) is 18.2 Å². The summed E-state index contributed by atoms with van der Waals surface area (Å²) in [6.45, 7) is 4.94. The molecule has 130 valence electrons. The number of amides is 2. The zero-order chi connectivity index (χ0) is 17.1. The lowest BCUT2D eigenvalue weighted by Crippen LogP contribution is -2.67. The molecule has 2 amide bonds. The van der Waals surface area contributed by atoms with Crippen LogP contribution in [-0.4, -0.2) is 30.8 Å². The van der Waals surface area contributed by atoms with Gasteiger partial charge in [-0.3, -0.25) is 0 Å². The Kier molecular flexibility index (Phi) is 3.56. The van der Waals surface area contributed by atoms with E-state index in [1.807, 2.05) is 0 Å². The molecule has 3 aliphatic rings. The van der Waals surface area contributed by atoms with Gasteiger partial charge in [0.15, 0.2) is 0 Å². The van der Waals surface area contributed by atoms with Crippen LogP contribution in [-0.2, 0) is 4.74 Å². The molecule has 0 spiro atoms. The van der Waals surface area contributed by atoms with Crippen molar-refractivity contribution >= 4 is 6.03 Å². The molecule has 0 aromatic heterocycles. The summed E-state index contributed by atoms with van der Waals surface area (Å²) in [5.74, 6) is -1.01. The highest BCUT2D eigenvalue weighted by molar-refractivity contribution is 5.75. The molecule has 1 heterocycles. The van der Waals surface area contributed by atoms with Crippen LogP contribution in [0.4, 0.5) is 13.6 Å². The van der Waals surface area contributed by atoms with E-state index in [0.29, 0.717) is 12.3 Å². The molecule has 5 atom stereocenters. The summed E-state index contributed by atoms with van der Waals surface area (Å²) in [5.41, 5.74) is -0.00456. The van der Waals surface area contributed by atoms with Gasteiger partial charge < -0.3 is 15.4 Å². The van der Waals surface area contributed by atoms with Gasteiger partial charge in [-0.25, -0.2) is 13.6 Å². The van der Waals surface area contributed by atoms with Gasteiger partial charge in [0.25, 0.3) is 0 Å². The van der Waals surface area contributed by atoms with Crippen molar-refractivity contribution in [1.29, 1.82) is 0 Å². The molecule has 3 fully saturated rings. The Morgan fingerprint density at radius 1 is 1.25 bits per heavy atom. The van der Waals surface area contributed by atoms with E-state index < -0.39 is 11.6 Å². The van der Waals surface area contributed by atoms with Crippen molar-refractivity contribution < 1.29 is 18.3 Å². The number of carbonyl (C=O) groups excluding carboxylic acids is 1. The molecule has 1 aromatic rings. The number of halogens is 2. The van der Waals surface area contributed by atoms with E-state index >= 15 is 0 Å². The van der Waals surface area contributed by atoms with Crippen molar-refractivity contribution in [3.8, 4) is 0 Å². The number of hydrogen-bond donors (Lipinski definition) is 2. The second-order valence-corrected chi connectivity index (χ2v) is 7.74. The summed E-state index contributed by atoms with van der Waals surface area (Å²) in [6.07, 6.45) is 1.74. The highest BCUT2D eigenvalue weighted by Gasteiger charge is 2.60. The highest BCUT2D eigenvalue weighted by atomic mass is 19.1. The number of fused-ring (bicyclic) bond motifs is 1. The Bertz CT molecular complexity index is 659. The minimum Gasteiger partial charge on any atom is -0.377 e. The molecule has 24 heavy (non-hydrogen) atoms. The van der Waals surface area contributed by atoms with Crippen LogP contribution < -0.4 is 10.6 Å². The minimum absolute atomic E-state index is 0.0763. The molecular weight excluding hydrogens is 314 g/mol. The second-order valence-electron chi connectivity index (χ2n) is 7.74. The first-order chi connectivity index (χ1) is 11.4. The van der Waals surface area contributed by atoms with Gasteiger partial charge in [-0.15, -0.1) is 0 Å². The lowest BCUT2D eigenvalue weighted by molar-refractivity contribution is -0.108. The fraction of sp³-hybridized carbons (Fsp3) is 0.611. The minimum atomic E-state index is -0.546. The SMILES string of the molecule is CC1(C)[C@H](NC(=O)N[C@@H]2C[C@@H]2c2c(F)cccc2F)[C@@H]2CCO[C@@H]21. The van der Waals surface area contributed by atoms with E-state index in [2.05, 4.69) is 24.5 Å². The molecule has 1 aromatic carbocycles. The van der Waals surface area contributed by atoms with Crippen molar-refractivity contribution in [3.05, 3.63) is 35.4 Å². The van der Waals surface area contributed by atoms with E-state index in [0.717, 1.165) is 13.0 Å². The molecule has 1 saturated heterocycles. The lowest BCUT2D eigenvalue weighted by atomic mass is 9.57. The standard InChI is InChI=1S/C18H22F2N2O2/c1-18(2)15(9-6-7-24-16(9)18)22-17(23)21-13-8-10(13)14-11(19)4-3-5-12(14)20/h3-5,9-10,13,15-16H,6-8H2,1-2H3,(H2,21,22,23)/t9-,10-,13+,15+,16-/m0/s1. The number of ether oxygens (including phenoxy) is 1. The van der Waals surface area contributed by atoms with E-state index in [-0.39, 0.29) is 41.1 Å². The van der Waals surface area contributed by atoms with Crippen LogP contribution in [0.2, 0.25) is 0 Å². The normalized spacial score (nSPS) is 35.8. The molecule has 6 heteroatoms. The Labute approximate surface area is 139 Å².